The van der Waals surface area contributed by atoms with E-state index in [2.05, 4.69) is 37.5 Å². The Morgan fingerprint density at radius 2 is 2.13 bits per heavy atom. The summed E-state index contributed by atoms with van der Waals surface area (Å²) in [5.74, 6) is 0.393. The Balaban J connectivity index is 1.36. The Kier molecular flexibility index (Phi) is 5.02. The van der Waals surface area contributed by atoms with E-state index in [0.29, 0.717) is 18.1 Å². The predicted octanol–water partition coefficient (Wildman–Crippen LogP) is 2.87. The van der Waals surface area contributed by atoms with Gasteiger partial charge >= 0.3 is 0 Å². The number of fused-ring (bicyclic) bond motifs is 1. The molecule has 3 heterocycles. The predicted molar refractivity (Wildman–Crippen MR) is 111 cm³/mol. The molecule has 3 aromatic rings. The summed E-state index contributed by atoms with van der Waals surface area (Å²) in [5, 5.41) is 7.00. The second kappa shape index (κ2) is 7.85. The van der Waals surface area contributed by atoms with Gasteiger partial charge in [0.1, 0.15) is 0 Å². The molecule has 5 rings (SSSR count). The van der Waals surface area contributed by atoms with Gasteiger partial charge in [0.25, 0.3) is 5.91 Å². The number of halogens is 1. The van der Waals surface area contributed by atoms with Crippen molar-refractivity contribution in [3.05, 3.63) is 77.5 Å². The van der Waals surface area contributed by atoms with Crippen LogP contribution in [-0.4, -0.2) is 45.1 Å². The number of amides is 1. The highest BCUT2D eigenvalue weighted by Crippen LogP contribution is 2.50. The number of carbonyl (C=O) groups is 1. The van der Waals surface area contributed by atoms with E-state index >= 15 is 0 Å². The maximum absolute atomic E-state index is 14.0. The van der Waals surface area contributed by atoms with Gasteiger partial charge in [-0.25, -0.2) is 9.37 Å². The number of nitrogens with zero attached hydrogens (tertiary/aromatic N) is 4. The van der Waals surface area contributed by atoms with Crippen LogP contribution in [-0.2, 0) is 12.0 Å². The molecule has 0 unspecified atom stereocenters. The molecule has 7 nitrogen and oxygen atoms in total. The fourth-order valence-corrected chi connectivity index (χ4v) is 5.18. The quantitative estimate of drug-likeness (QED) is 0.682. The third kappa shape index (κ3) is 3.72. The molecule has 1 amide bonds. The highest BCUT2D eigenvalue weighted by molar-refractivity contribution is 5.92. The number of likely N-dealkylation sites (tertiary alicyclic amines) is 1. The average molecular weight is 421 g/mol. The molecule has 1 aromatic carbocycles. The van der Waals surface area contributed by atoms with Gasteiger partial charge < -0.3 is 9.84 Å². The SMILES string of the molecule is Cc1noc([C@]23C[C@H](NC(=O)c4ncccc4F)C[C@H]2CN(Cc2ccccc2)C3)n1. The van der Waals surface area contributed by atoms with Crippen molar-refractivity contribution in [1.29, 1.82) is 0 Å². The van der Waals surface area contributed by atoms with Gasteiger partial charge in [0.15, 0.2) is 17.3 Å². The molecule has 2 aromatic heterocycles. The van der Waals surface area contributed by atoms with E-state index in [1.807, 2.05) is 25.1 Å². The van der Waals surface area contributed by atoms with E-state index in [1.54, 1.807) is 0 Å². The molecule has 1 saturated heterocycles. The largest absolute Gasteiger partial charge is 0.348 e. The molecular weight excluding hydrogens is 397 g/mol. The first-order valence-electron chi connectivity index (χ1n) is 10.5. The highest BCUT2D eigenvalue weighted by Gasteiger charge is 2.57. The zero-order valence-electron chi connectivity index (χ0n) is 17.3. The van der Waals surface area contributed by atoms with Crippen molar-refractivity contribution in [2.75, 3.05) is 13.1 Å². The number of hydrogen-bond acceptors (Lipinski definition) is 6. The van der Waals surface area contributed by atoms with Gasteiger partial charge in [0, 0.05) is 31.9 Å². The van der Waals surface area contributed by atoms with Crippen LogP contribution in [0.4, 0.5) is 4.39 Å². The van der Waals surface area contributed by atoms with Crippen molar-refractivity contribution in [2.45, 2.75) is 37.8 Å². The van der Waals surface area contributed by atoms with Crippen molar-refractivity contribution in [3.63, 3.8) is 0 Å². The molecule has 0 radical (unpaired) electrons. The van der Waals surface area contributed by atoms with Crippen molar-refractivity contribution < 1.29 is 13.7 Å². The van der Waals surface area contributed by atoms with Crippen LogP contribution in [0.1, 0.15) is 40.6 Å². The van der Waals surface area contributed by atoms with Gasteiger partial charge in [0.2, 0.25) is 5.89 Å². The lowest BCUT2D eigenvalue weighted by atomic mass is 9.80. The van der Waals surface area contributed by atoms with E-state index in [0.717, 1.165) is 26.1 Å². The topological polar surface area (TPSA) is 84.2 Å². The second-order valence-corrected chi connectivity index (χ2v) is 8.60. The zero-order chi connectivity index (χ0) is 21.4. The number of rotatable bonds is 5. The van der Waals surface area contributed by atoms with Crippen LogP contribution in [0.5, 0.6) is 0 Å². The normalized spacial score (nSPS) is 25.5. The summed E-state index contributed by atoms with van der Waals surface area (Å²) >= 11 is 0. The molecule has 1 saturated carbocycles. The summed E-state index contributed by atoms with van der Waals surface area (Å²) in [7, 11) is 0. The third-order valence-electron chi connectivity index (χ3n) is 6.46. The highest BCUT2D eigenvalue weighted by atomic mass is 19.1. The second-order valence-electron chi connectivity index (χ2n) is 8.60. The van der Waals surface area contributed by atoms with Crippen LogP contribution in [0.15, 0.2) is 53.2 Å². The molecule has 2 fully saturated rings. The molecular formula is C23H24FN5O2. The van der Waals surface area contributed by atoms with E-state index in [9.17, 15) is 9.18 Å². The minimum atomic E-state index is -0.616. The summed E-state index contributed by atoms with van der Waals surface area (Å²) in [5.41, 5.74) is 0.763. The smallest absolute Gasteiger partial charge is 0.273 e. The number of hydrogen-bond donors (Lipinski definition) is 1. The molecule has 1 aliphatic carbocycles. The average Bonchev–Trinajstić information content (AvgIpc) is 3.42. The first-order valence-corrected chi connectivity index (χ1v) is 10.5. The zero-order valence-corrected chi connectivity index (χ0v) is 17.3. The molecule has 0 bridgehead atoms. The summed E-state index contributed by atoms with van der Waals surface area (Å²) in [6, 6.07) is 13.0. The van der Waals surface area contributed by atoms with Gasteiger partial charge in [-0.05, 0) is 43.4 Å². The number of aryl methyl sites for hydroxylation is 1. The van der Waals surface area contributed by atoms with Crippen LogP contribution < -0.4 is 5.32 Å². The molecule has 2 aliphatic rings. The van der Waals surface area contributed by atoms with Gasteiger partial charge in [-0.3, -0.25) is 9.69 Å². The maximum atomic E-state index is 14.0. The van der Waals surface area contributed by atoms with Crippen LogP contribution >= 0.6 is 0 Å². The van der Waals surface area contributed by atoms with Crippen molar-refractivity contribution in [3.8, 4) is 0 Å². The van der Waals surface area contributed by atoms with Crippen LogP contribution in [0.25, 0.3) is 0 Å². The lowest BCUT2D eigenvalue weighted by Crippen LogP contribution is -2.38. The lowest BCUT2D eigenvalue weighted by Gasteiger charge is -2.25. The molecule has 8 heteroatoms. The van der Waals surface area contributed by atoms with E-state index < -0.39 is 11.7 Å². The monoisotopic (exact) mass is 421 g/mol. The number of carbonyl (C=O) groups excluding carboxylic acids is 1. The van der Waals surface area contributed by atoms with Gasteiger partial charge in [0.05, 0.1) is 5.41 Å². The Morgan fingerprint density at radius 3 is 2.87 bits per heavy atom. The third-order valence-corrected chi connectivity index (χ3v) is 6.46. The number of aromatic nitrogens is 3. The van der Waals surface area contributed by atoms with Crippen molar-refractivity contribution in [2.24, 2.45) is 5.92 Å². The maximum Gasteiger partial charge on any atom is 0.273 e. The Morgan fingerprint density at radius 1 is 1.29 bits per heavy atom. The Bertz CT molecular complexity index is 1090. The minimum absolute atomic E-state index is 0.106. The fraction of sp³-hybridized carbons (Fsp3) is 0.391. The molecule has 0 spiro atoms. The van der Waals surface area contributed by atoms with Crippen LogP contribution in [0.2, 0.25) is 0 Å². The lowest BCUT2D eigenvalue weighted by molar-refractivity contribution is 0.0924. The van der Waals surface area contributed by atoms with Gasteiger partial charge in [-0.1, -0.05) is 35.5 Å². The first kappa shape index (κ1) is 19.8. The van der Waals surface area contributed by atoms with Crippen LogP contribution in [0.3, 0.4) is 0 Å². The molecule has 31 heavy (non-hydrogen) atoms. The van der Waals surface area contributed by atoms with Crippen molar-refractivity contribution in [1.82, 2.24) is 25.3 Å². The van der Waals surface area contributed by atoms with Crippen LogP contribution in [0, 0.1) is 18.7 Å². The standard InChI is InChI=1S/C23H24FN5O2/c1-15-26-22(31-28-15)23-11-18(27-21(30)20-19(24)8-5-9-25-20)10-17(23)13-29(14-23)12-16-6-3-2-4-7-16/h2-9,17-18H,10-14H2,1H3,(H,27,30)/t17-,18+,23-/m0/s1. The van der Waals surface area contributed by atoms with E-state index in [4.69, 9.17) is 4.52 Å². The van der Waals surface area contributed by atoms with Gasteiger partial charge in [-0.15, -0.1) is 0 Å². The molecule has 1 aliphatic heterocycles. The fourth-order valence-electron chi connectivity index (χ4n) is 5.18. The number of nitrogens with one attached hydrogen (secondary N) is 1. The summed E-state index contributed by atoms with van der Waals surface area (Å²) in [4.78, 5) is 23.5. The van der Waals surface area contributed by atoms with Gasteiger partial charge in [-0.2, -0.15) is 4.98 Å². The molecule has 1 N–H and O–H groups in total. The summed E-state index contributed by atoms with van der Waals surface area (Å²) in [6.07, 6.45) is 2.86. The summed E-state index contributed by atoms with van der Waals surface area (Å²) in [6.45, 7) is 4.31. The first-order chi connectivity index (χ1) is 15.0. The van der Waals surface area contributed by atoms with Crippen molar-refractivity contribution >= 4 is 5.91 Å². The Hall–Kier alpha value is -3.13. The van der Waals surface area contributed by atoms with E-state index in [1.165, 1.54) is 23.9 Å². The minimum Gasteiger partial charge on any atom is -0.348 e. The van der Waals surface area contributed by atoms with E-state index in [-0.39, 0.29) is 23.1 Å². The molecule has 160 valence electrons. The Labute approximate surface area is 179 Å². The number of benzene rings is 1. The number of pyridine rings is 1. The molecule has 3 atom stereocenters. The summed E-state index contributed by atoms with van der Waals surface area (Å²) < 4.78 is 19.6.